The molecule has 0 atom stereocenters. The lowest BCUT2D eigenvalue weighted by molar-refractivity contribution is 1.15. The van der Waals surface area contributed by atoms with Gasteiger partial charge in [0, 0.05) is 18.8 Å². The number of aromatic nitrogens is 2. The zero-order chi connectivity index (χ0) is 12.5. The summed E-state index contributed by atoms with van der Waals surface area (Å²) in [7, 11) is 1.92. The number of anilines is 1. The lowest BCUT2D eigenvalue weighted by Gasteiger charge is -2.06. The summed E-state index contributed by atoms with van der Waals surface area (Å²) in [5.74, 6) is 0.986. The van der Waals surface area contributed by atoms with Gasteiger partial charge in [0.05, 0.1) is 17.4 Å². The minimum Gasteiger partial charge on any atom is -0.387 e. The molecule has 0 saturated heterocycles. The predicted octanol–water partition coefficient (Wildman–Crippen LogP) is 3.35. The third kappa shape index (κ3) is 1.64. The second-order valence-electron chi connectivity index (χ2n) is 4.36. The van der Waals surface area contributed by atoms with E-state index in [9.17, 15) is 0 Å². The summed E-state index contributed by atoms with van der Waals surface area (Å²) in [5, 5.41) is 3.15. The monoisotopic (exact) mass is 237 g/mol. The Morgan fingerprint density at radius 3 is 2.72 bits per heavy atom. The van der Waals surface area contributed by atoms with Gasteiger partial charge in [0.2, 0.25) is 0 Å². The highest BCUT2D eigenvalue weighted by Gasteiger charge is 2.08. The number of nitrogens with zero attached hydrogens (tertiary/aromatic N) is 2. The first-order valence-corrected chi connectivity index (χ1v) is 6.00. The average molecular weight is 237 g/mol. The predicted molar refractivity (Wildman–Crippen MR) is 74.9 cm³/mol. The molecule has 0 unspecified atom stereocenters. The van der Waals surface area contributed by atoms with E-state index >= 15 is 0 Å². The zero-order valence-corrected chi connectivity index (χ0v) is 10.5. The van der Waals surface area contributed by atoms with Crippen LogP contribution in [0, 0.1) is 6.92 Å². The Bertz CT molecular complexity index is 698. The van der Waals surface area contributed by atoms with Crippen molar-refractivity contribution in [2.24, 2.45) is 0 Å². The van der Waals surface area contributed by atoms with Crippen molar-refractivity contribution in [2.45, 2.75) is 6.92 Å². The Hall–Kier alpha value is -2.29. The van der Waals surface area contributed by atoms with Crippen LogP contribution in [0.3, 0.4) is 0 Å². The van der Waals surface area contributed by atoms with Crippen molar-refractivity contribution in [3.63, 3.8) is 0 Å². The molecule has 1 N–H and O–H groups in total. The van der Waals surface area contributed by atoms with Crippen LogP contribution in [0.15, 0.2) is 48.8 Å². The molecule has 0 amide bonds. The van der Waals surface area contributed by atoms with Gasteiger partial charge in [-0.3, -0.25) is 4.40 Å². The van der Waals surface area contributed by atoms with E-state index in [2.05, 4.69) is 52.1 Å². The minimum atomic E-state index is 0.986. The van der Waals surface area contributed by atoms with Crippen molar-refractivity contribution < 1.29 is 0 Å². The zero-order valence-electron chi connectivity index (χ0n) is 10.5. The minimum absolute atomic E-state index is 0.986. The molecule has 0 saturated carbocycles. The van der Waals surface area contributed by atoms with Crippen molar-refractivity contribution in [1.82, 2.24) is 9.38 Å². The smallest absolute Gasteiger partial charge is 0.144 e. The molecule has 90 valence electrons. The fourth-order valence-corrected chi connectivity index (χ4v) is 2.16. The van der Waals surface area contributed by atoms with Gasteiger partial charge in [0.25, 0.3) is 0 Å². The molecule has 0 radical (unpaired) electrons. The first-order chi connectivity index (χ1) is 8.79. The van der Waals surface area contributed by atoms with Crippen LogP contribution in [0.1, 0.15) is 5.56 Å². The maximum absolute atomic E-state index is 4.54. The van der Waals surface area contributed by atoms with Crippen LogP contribution in [0.2, 0.25) is 0 Å². The molecule has 0 bridgehead atoms. The Morgan fingerprint density at radius 1 is 1.11 bits per heavy atom. The maximum atomic E-state index is 4.54. The standard InChI is InChI=1S/C15H15N3/c1-11-5-3-4-6-14(11)15-17-9-13-8-7-12(16-2)10-18(13)15/h3-10,16H,1-2H3. The van der Waals surface area contributed by atoms with E-state index in [0.29, 0.717) is 0 Å². The van der Waals surface area contributed by atoms with Gasteiger partial charge in [-0.1, -0.05) is 24.3 Å². The van der Waals surface area contributed by atoms with Crippen LogP contribution in [-0.4, -0.2) is 16.4 Å². The van der Waals surface area contributed by atoms with Crippen LogP contribution in [0.4, 0.5) is 5.69 Å². The molecule has 0 aliphatic carbocycles. The molecule has 3 rings (SSSR count). The number of aryl methyl sites for hydroxylation is 1. The summed E-state index contributed by atoms with van der Waals surface area (Å²) >= 11 is 0. The molecule has 3 heteroatoms. The summed E-state index contributed by atoms with van der Waals surface area (Å²) in [6.07, 6.45) is 3.98. The first kappa shape index (κ1) is 10.8. The molecule has 2 heterocycles. The fraction of sp³-hybridized carbons (Fsp3) is 0.133. The molecule has 3 nitrogen and oxygen atoms in total. The number of rotatable bonds is 2. The van der Waals surface area contributed by atoms with E-state index < -0.39 is 0 Å². The Labute approximate surface area is 106 Å². The molecule has 18 heavy (non-hydrogen) atoms. The number of hydrogen-bond acceptors (Lipinski definition) is 2. The van der Waals surface area contributed by atoms with Gasteiger partial charge in [-0.25, -0.2) is 4.98 Å². The quantitative estimate of drug-likeness (QED) is 0.740. The van der Waals surface area contributed by atoms with Crippen molar-refractivity contribution in [2.75, 3.05) is 12.4 Å². The SMILES string of the molecule is CNc1ccc2cnc(-c3ccccc3C)n2c1. The van der Waals surface area contributed by atoms with Gasteiger partial charge in [-0.2, -0.15) is 0 Å². The summed E-state index contributed by atoms with van der Waals surface area (Å²) in [4.78, 5) is 4.54. The molecule has 3 aromatic rings. The largest absolute Gasteiger partial charge is 0.387 e. The van der Waals surface area contributed by atoms with Gasteiger partial charge in [-0.05, 0) is 24.6 Å². The van der Waals surface area contributed by atoms with E-state index in [0.717, 1.165) is 17.0 Å². The van der Waals surface area contributed by atoms with Gasteiger partial charge in [0.1, 0.15) is 5.82 Å². The van der Waals surface area contributed by atoms with Crippen molar-refractivity contribution >= 4 is 11.2 Å². The van der Waals surface area contributed by atoms with Gasteiger partial charge in [0.15, 0.2) is 0 Å². The second-order valence-corrected chi connectivity index (χ2v) is 4.36. The van der Waals surface area contributed by atoms with E-state index in [1.807, 2.05) is 25.4 Å². The molecule has 0 fully saturated rings. The lowest BCUT2D eigenvalue weighted by Crippen LogP contribution is -1.94. The van der Waals surface area contributed by atoms with Crippen LogP contribution in [-0.2, 0) is 0 Å². The number of benzene rings is 1. The highest BCUT2D eigenvalue weighted by Crippen LogP contribution is 2.24. The molecule has 0 spiro atoms. The number of hydrogen-bond donors (Lipinski definition) is 1. The topological polar surface area (TPSA) is 29.3 Å². The van der Waals surface area contributed by atoms with Crippen LogP contribution < -0.4 is 5.32 Å². The lowest BCUT2D eigenvalue weighted by atomic mass is 10.1. The normalized spacial score (nSPS) is 10.8. The third-order valence-electron chi connectivity index (χ3n) is 3.20. The fourth-order valence-electron chi connectivity index (χ4n) is 2.16. The highest BCUT2D eigenvalue weighted by molar-refractivity contribution is 5.66. The Kier molecular flexibility index (Phi) is 2.52. The summed E-state index contributed by atoms with van der Waals surface area (Å²) in [6, 6.07) is 12.4. The van der Waals surface area contributed by atoms with Gasteiger partial charge in [-0.15, -0.1) is 0 Å². The summed E-state index contributed by atoms with van der Waals surface area (Å²) in [5.41, 5.74) is 4.59. The van der Waals surface area contributed by atoms with Crippen LogP contribution in [0.5, 0.6) is 0 Å². The van der Waals surface area contributed by atoms with Crippen LogP contribution >= 0.6 is 0 Å². The van der Waals surface area contributed by atoms with Crippen molar-refractivity contribution in [3.05, 3.63) is 54.4 Å². The van der Waals surface area contributed by atoms with E-state index in [1.54, 1.807) is 0 Å². The average Bonchev–Trinajstić information content (AvgIpc) is 2.82. The van der Waals surface area contributed by atoms with Crippen molar-refractivity contribution in [3.8, 4) is 11.4 Å². The number of nitrogens with one attached hydrogen (secondary N) is 1. The second kappa shape index (κ2) is 4.18. The number of imidazole rings is 1. The number of fused-ring (bicyclic) bond motifs is 1. The molecule has 0 aliphatic heterocycles. The maximum Gasteiger partial charge on any atom is 0.144 e. The molecule has 2 aromatic heterocycles. The van der Waals surface area contributed by atoms with Crippen LogP contribution in [0.25, 0.3) is 16.9 Å². The molecular formula is C15H15N3. The molecular weight excluding hydrogens is 222 g/mol. The van der Waals surface area contributed by atoms with E-state index in [1.165, 1.54) is 11.1 Å². The first-order valence-electron chi connectivity index (χ1n) is 6.00. The molecule has 1 aromatic carbocycles. The third-order valence-corrected chi connectivity index (χ3v) is 3.20. The summed E-state index contributed by atoms with van der Waals surface area (Å²) in [6.45, 7) is 2.11. The van der Waals surface area contributed by atoms with Gasteiger partial charge >= 0.3 is 0 Å². The van der Waals surface area contributed by atoms with Gasteiger partial charge < -0.3 is 5.32 Å². The Morgan fingerprint density at radius 2 is 1.94 bits per heavy atom. The number of pyridine rings is 1. The molecule has 0 aliphatic rings. The van der Waals surface area contributed by atoms with E-state index in [-0.39, 0.29) is 0 Å². The van der Waals surface area contributed by atoms with Crippen molar-refractivity contribution in [1.29, 1.82) is 0 Å². The van der Waals surface area contributed by atoms with E-state index in [4.69, 9.17) is 0 Å². The Balaban J connectivity index is 2.26. The summed E-state index contributed by atoms with van der Waals surface area (Å²) < 4.78 is 2.12. The highest BCUT2D eigenvalue weighted by atomic mass is 15.0.